The van der Waals surface area contributed by atoms with E-state index in [2.05, 4.69) is 18.4 Å². The van der Waals surface area contributed by atoms with Crippen LogP contribution in [-0.4, -0.2) is 36.2 Å². The van der Waals surface area contributed by atoms with E-state index in [1.54, 1.807) is 0 Å². The van der Waals surface area contributed by atoms with Crippen molar-refractivity contribution in [2.24, 2.45) is 0 Å². The Labute approximate surface area is 88.6 Å². The highest BCUT2D eigenvalue weighted by molar-refractivity contribution is 4.73. The lowest BCUT2D eigenvalue weighted by Crippen LogP contribution is -2.28. The van der Waals surface area contributed by atoms with Crippen LogP contribution in [0.3, 0.4) is 0 Å². The van der Waals surface area contributed by atoms with Crippen molar-refractivity contribution in [2.45, 2.75) is 39.0 Å². The predicted octanol–water partition coefficient (Wildman–Crippen LogP) is 2.44. The van der Waals surface area contributed by atoms with Gasteiger partial charge in [-0.05, 0) is 13.0 Å². The summed E-state index contributed by atoms with van der Waals surface area (Å²) in [5.41, 5.74) is 0. The number of nitrogens with zero attached hydrogens (tertiary/aromatic N) is 1. The molecule has 2 heteroatoms. The molecule has 0 unspecified atom stereocenters. The highest BCUT2D eigenvalue weighted by atomic mass is 16.3. The predicted molar refractivity (Wildman–Crippen MR) is 62.5 cm³/mol. The first kappa shape index (κ1) is 13.7. The Hall–Kier alpha value is -0.340. The summed E-state index contributed by atoms with van der Waals surface area (Å²) >= 11 is 0. The Balaban J connectivity index is 3.35. The SMILES string of the molecule is C=CCN(CCO)CCCCCCC. The maximum atomic E-state index is 8.83. The Morgan fingerprint density at radius 3 is 2.43 bits per heavy atom. The molecule has 14 heavy (non-hydrogen) atoms. The lowest BCUT2D eigenvalue weighted by Gasteiger charge is -2.18. The molecule has 0 bridgehead atoms. The van der Waals surface area contributed by atoms with Crippen LogP contribution in [-0.2, 0) is 0 Å². The van der Waals surface area contributed by atoms with Gasteiger partial charge in [0.15, 0.2) is 0 Å². The molecular weight excluding hydrogens is 174 g/mol. The number of aliphatic hydroxyl groups excluding tert-OH is 1. The van der Waals surface area contributed by atoms with Gasteiger partial charge in [-0.1, -0.05) is 38.7 Å². The number of hydrogen-bond acceptors (Lipinski definition) is 2. The number of unbranched alkanes of at least 4 members (excludes halogenated alkanes) is 4. The zero-order valence-electron chi connectivity index (χ0n) is 9.54. The van der Waals surface area contributed by atoms with Crippen LogP contribution in [0, 0.1) is 0 Å². The van der Waals surface area contributed by atoms with Gasteiger partial charge >= 0.3 is 0 Å². The smallest absolute Gasteiger partial charge is 0.0558 e. The minimum atomic E-state index is 0.253. The largest absolute Gasteiger partial charge is 0.395 e. The average Bonchev–Trinajstić information content (AvgIpc) is 2.18. The molecule has 0 amide bonds. The van der Waals surface area contributed by atoms with E-state index in [1.165, 1.54) is 32.1 Å². The summed E-state index contributed by atoms with van der Waals surface area (Å²) < 4.78 is 0. The van der Waals surface area contributed by atoms with Gasteiger partial charge < -0.3 is 5.11 Å². The number of aliphatic hydroxyl groups is 1. The van der Waals surface area contributed by atoms with Crippen molar-refractivity contribution < 1.29 is 5.11 Å². The molecule has 0 saturated carbocycles. The lowest BCUT2D eigenvalue weighted by atomic mass is 10.1. The van der Waals surface area contributed by atoms with E-state index >= 15 is 0 Å². The molecule has 0 aliphatic heterocycles. The van der Waals surface area contributed by atoms with Crippen molar-refractivity contribution in [3.63, 3.8) is 0 Å². The number of hydrogen-bond donors (Lipinski definition) is 1. The third-order valence-corrected chi connectivity index (χ3v) is 2.38. The van der Waals surface area contributed by atoms with Crippen LogP contribution in [0.2, 0.25) is 0 Å². The Morgan fingerprint density at radius 2 is 1.86 bits per heavy atom. The highest BCUT2D eigenvalue weighted by Crippen LogP contribution is 2.03. The summed E-state index contributed by atoms with van der Waals surface area (Å²) in [6.45, 7) is 8.97. The minimum absolute atomic E-state index is 0.253. The first-order valence-corrected chi connectivity index (χ1v) is 5.79. The zero-order valence-corrected chi connectivity index (χ0v) is 9.54. The molecule has 0 aromatic carbocycles. The van der Waals surface area contributed by atoms with Gasteiger partial charge in [0, 0.05) is 13.1 Å². The highest BCUT2D eigenvalue weighted by Gasteiger charge is 2.00. The Kier molecular flexibility index (Phi) is 10.5. The van der Waals surface area contributed by atoms with Crippen molar-refractivity contribution in [1.29, 1.82) is 0 Å². The maximum Gasteiger partial charge on any atom is 0.0558 e. The van der Waals surface area contributed by atoms with Gasteiger partial charge in [-0.15, -0.1) is 6.58 Å². The molecule has 0 heterocycles. The van der Waals surface area contributed by atoms with Crippen molar-refractivity contribution in [1.82, 2.24) is 4.90 Å². The second-order valence-corrected chi connectivity index (χ2v) is 3.73. The molecule has 0 saturated heterocycles. The summed E-state index contributed by atoms with van der Waals surface area (Å²) in [4.78, 5) is 2.25. The third-order valence-electron chi connectivity index (χ3n) is 2.38. The van der Waals surface area contributed by atoms with Crippen molar-refractivity contribution in [2.75, 3.05) is 26.2 Å². The summed E-state index contributed by atoms with van der Waals surface area (Å²) in [6, 6.07) is 0. The molecular formula is C12H25NO. The van der Waals surface area contributed by atoms with E-state index in [-0.39, 0.29) is 6.61 Å². The minimum Gasteiger partial charge on any atom is -0.395 e. The summed E-state index contributed by atoms with van der Waals surface area (Å²) in [7, 11) is 0. The first-order valence-electron chi connectivity index (χ1n) is 5.79. The topological polar surface area (TPSA) is 23.5 Å². The molecule has 0 fully saturated rings. The summed E-state index contributed by atoms with van der Waals surface area (Å²) in [6.07, 6.45) is 8.45. The van der Waals surface area contributed by atoms with Crippen LogP contribution < -0.4 is 0 Å². The monoisotopic (exact) mass is 199 g/mol. The van der Waals surface area contributed by atoms with Gasteiger partial charge in [-0.25, -0.2) is 0 Å². The molecule has 84 valence electrons. The normalized spacial score (nSPS) is 10.8. The van der Waals surface area contributed by atoms with Crippen molar-refractivity contribution >= 4 is 0 Å². The zero-order chi connectivity index (χ0) is 10.6. The van der Waals surface area contributed by atoms with E-state index in [0.717, 1.165) is 19.6 Å². The second kappa shape index (κ2) is 10.7. The molecule has 0 radical (unpaired) electrons. The second-order valence-electron chi connectivity index (χ2n) is 3.73. The van der Waals surface area contributed by atoms with Gasteiger partial charge in [0.05, 0.1) is 6.61 Å². The molecule has 0 aliphatic carbocycles. The van der Waals surface area contributed by atoms with Gasteiger partial charge in [0.2, 0.25) is 0 Å². The average molecular weight is 199 g/mol. The molecule has 0 rings (SSSR count). The van der Waals surface area contributed by atoms with E-state index < -0.39 is 0 Å². The summed E-state index contributed by atoms with van der Waals surface area (Å²) in [5, 5.41) is 8.83. The lowest BCUT2D eigenvalue weighted by molar-refractivity contribution is 0.206. The fraction of sp³-hybridized carbons (Fsp3) is 0.833. The van der Waals surface area contributed by atoms with Crippen LogP contribution >= 0.6 is 0 Å². The fourth-order valence-corrected chi connectivity index (χ4v) is 1.56. The Morgan fingerprint density at radius 1 is 1.14 bits per heavy atom. The van der Waals surface area contributed by atoms with E-state index in [4.69, 9.17) is 5.11 Å². The first-order chi connectivity index (χ1) is 6.85. The van der Waals surface area contributed by atoms with Gasteiger partial charge in [-0.2, -0.15) is 0 Å². The van der Waals surface area contributed by atoms with E-state index in [0.29, 0.717) is 0 Å². The third kappa shape index (κ3) is 8.27. The molecule has 0 atom stereocenters. The van der Waals surface area contributed by atoms with E-state index in [1.807, 2.05) is 6.08 Å². The molecule has 0 aromatic rings. The Bertz CT molecular complexity index is 125. The van der Waals surface area contributed by atoms with Crippen LogP contribution in [0.4, 0.5) is 0 Å². The standard InChI is InChI=1S/C12H25NO/c1-3-5-6-7-8-10-13(9-4-2)11-12-14/h4,14H,2-3,5-12H2,1H3. The van der Waals surface area contributed by atoms with Crippen molar-refractivity contribution in [3.8, 4) is 0 Å². The fourth-order valence-electron chi connectivity index (χ4n) is 1.56. The molecule has 0 aromatic heterocycles. The van der Waals surface area contributed by atoms with Crippen LogP contribution in [0.5, 0.6) is 0 Å². The van der Waals surface area contributed by atoms with Crippen LogP contribution in [0.1, 0.15) is 39.0 Å². The summed E-state index contributed by atoms with van der Waals surface area (Å²) in [5.74, 6) is 0. The van der Waals surface area contributed by atoms with E-state index in [9.17, 15) is 0 Å². The maximum absolute atomic E-state index is 8.83. The van der Waals surface area contributed by atoms with Crippen LogP contribution in [0.25, 0.3) is 0 Å². The number of rotatable bonds is 10. The van der Waals surface area contributed by atoms with Gasteiger partial charge in [0.25, 0.3) is 0 Å². The van der Waals surface area contributed by atoms with Crippen LogP contribution in [0.15, 0.2) is 12.7 Å². The molecule has 1 N–H and O–H groups in total. The molecule has 0 aliphatic rings. The van der Waals surface area contributed by atoms with Gasteiger partial charge in [0.1, 0.15) is 0 Å². The van der Waals surface area contributed by atoms with Gasteiger partial charge in [-0.3, -0.25) is 4.90 Å². The van der Waals surface area contributed by atoms with Crippen molar-refractivity contribution in [3.05, 3.63) is 12.7 Å². The molecule has 0 spiro atoms. The molecule has 2 nitrogen and oxygen atoms in total. The quantitative estimate of drug-likeness (QED) is 0.431.